The molecule has 0 spiro atoms. The van der Waals surface area contributed by atoms with Crippen LogP contribution in [0.4, 0.5) is 26.3 Å². The summed E-state index contributed by atoms with van der Waals surface area (Å²) in [5.41, 5.74) is -3.06. The van der Waals surface area contributed by atoms with Crippen LogP contribution in [0.3, 0.4) is 0 Å². The van der Waals surface area contributed by atoms with E-state index >= 15 is 0 Å². The molecular formula is C12H5F6N. The first-order valence-electron chi connectivity index (χ1n) is 4.98. The number of pyridine rings is 1. The number of hydrogen-bond donors (Lipinski definition) is 0. The first-order valence-corrected chi connectivity index (χ1v) is 4.98. The Kier molecular flexibility index (Phi) is 3.21. The molecule has 100 valence electrons. The summed E-state index contributed by atoms with van der Waals surface area (Å²) in [4.78, 5) is 2.87. The molecule has 0 amide bonds. The number of aromatic nitrogens is 1. The van der Waals surface area contributed by atoms with Gasteiger partial charge in [0.2, 0.25) is 0 Å². The van der Waals surface area contributed by atoms with Crippen LogP contribution in [0.15, 0.2) is 30.5 Å². The van der Waals surface area contributed by atoms with Gasteiger partial charge in [0.05, 0.1) is 0 Å². The Balaban J connectivity index is 2.68. The first kappa shape index (κ1) is 13.4. The standard InChI is InChI=1S/C12H5F6N/c13-8-3-1-2-6(9(8)14)7-4-5-19-11(10(7)15)12(16,17)18/h1-5H. The summed E-state index contributed by atoms with van der Waals surface area (Å²) in [6, 6.07) is 3.68. The van der Waals surface area contributed by atoms with Crippen molar-refractivity contribution >= 4 is 0 Å². The quantitative estimate of drug-likeness (QED) is 0.712. The minimum atomic E-state index is -5.01. The highest BCUT2D eigenvalue weighted by molar-refractivity contribution is 5.65. The monoisotopic (exact) mass is 277 g/mol. The third-order valence-electron chi connectivity index (χ3n) is 2.40. The normalized spacial score (nSPS) is 11.7. The summed E-state index contributed by atoms with van der Waals surface area (Å²) in [7, 11) is 0. The summed E-state index contributed by atoms with van der Waals surface area (Å²) in [5, 5.41) is 0. The van der Waals surface area contributed by atoms with Crippen molar-refractivity contribution in [2.24, 2.45) is 0 Å². The van der Waals surface area contributed by atoms with E-state index in [-0.39, 0.29) is 0 Å². The molecule has 19 heavy (non-hydrogen) atoms. The Hall–Kier alpha value is -2.05. The highest BCUT2D eigenvalue weighted by atomic mass is 19.4. The number of halogens is 6. The van der Waals surface area contributed by atoms with E-state index in [9.17, 15) is 26.3 Å². The summed E-state index contributed by atoms with van der Waals surface area (Å²) >= 11 is 0. The van der Waals surface area contributed by atoms with Crippen molar-refractivity contribution in [3.63, 3.8) is 0 Å². The molecule has 0 saturated carbocycles. The van der Waals surface area contributed by atoms with Gasteiger partial charge in [-0.25, -0.2) is 18.2 Å². The van der Waals surface area contributed by atoms with Crippen molar-refractivity contribution in [3.8, 4) is 11.1 Å². The second kappa shape index (κ2) is 4.56. The maximum Gasteiger partial charge on any atom is 0.436 e. The third-order valence-corrected chi connectivity index (χ3v) is 2.40. The molecule has 1 nitrogen and oxygen atoms in total. The Morgan fingerprint density at radius 3 is 2.11 bits per heavy atom. The molecule has 0 saturated heterocycles. The Bertz CT molecular complexity index is 620. The van der Waals surface area contributed by atoms with Gasteiger partial charge in [0.15, 0.2) is 23.1 Å². The van der Waals surface area contributed by atoms with Crippen LogP contribution in [0.1, 0.15) is 5.69 Å². The molecule has 0 N–H and O–H groups in total. The summed E-state index contributed by atoms with van der Waals surface area (Å²) in [5.74, 6) is -4.43. The molecule has 1 aromatic heterocycles. The van der Waals surface area contributed by atoms with Gasteiger partial charge in [-0.2, -0.15) is 13.2 Å². The van der Waals surface area contributed by atoms with E-state index in [1.807, 2.05) is 0 Å². The van der Waals surface area contributed by atoms with Crippen molar-refractivity contribution in [1.82, 2.24) is 4.98 Å². The largest absolute Gasteiger partial charge is 0.436 e. The fourth-order valence-electron chi connectivity index (χ4n) is 1.56. The molecule has 1 heterocycles. The van der Waals surface area contributed by atoms with Gasteiger partial charge in [0.25, 0.3) is 0 Å². The maximum atomic E-state index is 13.7. The fraction of sp³-hybridized carbons (Fsp3) is 0.0833. The molecule has 0 atom stereocenters. The zero-order valence-corrected chi connectivity index (χ0v) is 9.10. The average Bonchev–Trinajstić information content (AvgIpc) is 2.32. The van der Waals surface area contributed by atoms with Crippen LogP contribution < -0.4 is 0 Å². The van der Waals surface area contributed by atoms with Crippen LogP contribution in [-0.2, 0) is 6.18 Å². The molecule has 0 aliphatic heterocycles. The minimum absolute atomic E-state index is 0.592. The van der Waals surface area contributed by atoms with Gasteiger partial charge < -0.3 is 0 Å². The van der Waals surface area contributed by atoms with Crippen molar-refractivity contribution < 1.29 is 26.3 Å². The summed E-state index contributed by atoms with van der Waals surface area (Å²) in [6.45, 7) is 0. The topological polar surface area (TPSA) is 12.9 Å². The number of rotatable bonds is 1. The molecule has 0 aliphatic rings. The van der Waals surface area contributed by atoms with Gasteiger partial charge >= 0.3 is 6.18 Å². The number of nitrogens with zero attached hydrogens (tertiary/aromatic N) is 1. The highest BCUT2D eigenvalue weighted by Crippen LogP contribution is 2.34. The number of benzene rings is 1. The van der Waals surface area contributed by atoms with Crippen LogP contribution in [0.2, 0.25) is 0 Å². The van der Waals surface area contributed by atoms with Gasteiger partial charge in [-0.05, 0) is 12.1 Å². The van der Waals surface area contributed by atoms with E-state index in [2.05, 4.69) is 4.98 Å². The van der Waals surface area contributed by atoms with E-state index in [0.29, 0.717) is 6.20 Å². The van der Waals surface area contributed by atoms with E-state index in [1.165, 1.54) is 0 Å². The van der Waals surface area contributed by atoms with Crippen LogP contribution >= 0.6 is 0 Å². The van der Waals surface area contributed by atoms with Crippen LogP contribution in [0.25, 0.3) is 11.1 Å². The summed E-state index contributed by atoms with van der Waals surface area (Å²) in [6.07, 6.45) is -4.32. The lowest BCUT2D eigenvalue weighted by Crippen LogP contribution is -2.12. The molecule has 0 aliphatic carbocycles. The molecule has 0 bridgehead atoms. The molecule has 7 heteroatoms. The van der Waals surface area contributed by atoms with Gasteiger partial charge in [0, 0.05) is 17.3 Å². The Morgan fingerprint density at radius 2 is 1.47 bits per heavy atom. The molecule has 0 radical (unpaired) electrons. The van der Waals surface area contributed by atoms with E-state index < -0.39 is 40.4 Å². The maximum absolute atomic E-state index is 13.7. The van der Waals surface area contributed by atoms with Crippen LogP contribution in [-0.4, -0.2) is 4.98 Å². The van der Waals surface area contributed by atoms with Crippen molar-refractivity contribution in [2.45, 2.75) is 6.18 Å². The van der Waals surface area contributed by atoms with Crippen molar-refractivity contribution in [3.05, 3.63) is 53.6 Å². The molecule has 2 rings (SSSR count). The van der Waals surface area contributed by atoms with Crippen molar-refractivity contribution in [1.29, 1.82) is 0 Å². The second-order valence-electron chi connectivity index (χ2n) is 3.62. The third kappa shape index (κ3) is 2.40. The minimum Gasteiger partial charge on any atom is -0.249 e. The van der Waals surface area contributed by atoms with Crippen molar-refractivity contribution in [2.75, 3.05) is 0 Å². The average molecular weight is 277 g/mol. The SMILES string of the molecule is Fc1cccc(-c2ccnc(C(F)(F)F)c2F)c1F. The van der Waals surface area contributed by atoms with Gasteiger partial charge in [-0.1, -0.05) is 12.1 Å². The van der Waals surface area contributed by atoms with Crippen LogP contribution in [0.5, 0.6) is 0 Å². The lowest BCUT2D eigenvalue weighted by Gasteiger charge is -2.10. The van der Waals surface area contributed by atoms with E-state index in [4.69, 9.17) is 0 Å². The van der Waals surface area contributed by atoms with Gasteiger partial charge in [0.1, 0.15) is 0 Å². The molecule has 0 fully saturated rings. The van der Waals surface area contributed by atoms with E-state index in [1.54, 1.807) is 0 Å². The van der Waals surface area contributed by atoms with Gasteiger partial charge in [-0.15, -0.1) is 0 Å². The van der Waals surface area contributed by atoms with E-state index in [0.717, 1.165) is 24.3 Å². The Labute approximate surface area is 103 Å². The zero-order valence-electron chi connectivity index (χ0n) is 9.10. The molecular weight excluding hydrogens is 272 g/mol. The molecule has 1 aromatic carbocycles. The van der Waals surface area contributed by atoms with Gasteiger partial charge in [-0.3, -0.25) is 0 Å². The fourth-order valence-corrected chi connectivity index (χ4v) is 1.56. The molecule has 2 aromatic rings. The zero-order chi connectivity index (χ0) is 14.2. The highest BCUT2D eigenvalue weighted by Gasteiger charge is 2.37. The predicted molar refractivity (Wildman–Crippen MR) is 54.5 cm³/mol. The number of hydrogen-bond acceptors (Lipinski definition) is 1. The first-order chi connectivity index (χ1) is 8.82. The number of alkyl halides is 3. The predicted octanol–water partition coefficient (Wildman–Crippen LogP) is 4.18. The smallest absolute Gasteiger partial charge is 0.249 e. The van der Waals surface area contributed by atoms with Crippen LogP contribution in [0, 0.1) is 17.5 Å². The Morgan fingerprint density at radius 1 is 0.842 bits per heavy atom. The summed E-state index contributed by atoms with van der Waals surface area (Å²) < 4.78 is 77.5. The second-order valence-corrected chi connectivity index (χ2v) is 3.62. The lowest BCUT2D eigenvalue weighted by molar-refractivity contribution is -0.143. The molecule has 0 unspecified atom stereocenters. The lowest BCUT2D eigenvalue weighted by atomic mass is 10.0.